The third kappa shape index (κ3) is 4.86. The normalized spacial score (nSPS) is 13.9. The molecule has 0 amide bonds. The van der Waals surface area contributed by atoms with Crippen molar-refractivity contribution in [3.63, 3.8) is 0 Å². The summed E-state index contributed by atoms with van der Waals surface area (Å²) in [4.78, 5) is 31.8. The first-order chi connectivity index (χ1) is 13.9. The molecule has 3 rings (SSSR count). The number of nitrogens with zero attached hydrogens (tertiary/aromatic N) is 3. The molecule has 0 bridgehead atoms. The maximum atomic E-state index is 12.7. The van der Waals surface area contributed by atoms with E-state index in [1.807, 2.05) is 19.9 Å². The van der Waals surface area contributed by atoms with E-state index in [9.17, 15) is 9.59 Å². The minimum absolute atomic E-state index is 0.172. The number of anilines is 1. The van der Waals surface area contributed by atoms with Gasteiger partial charge in [-0.15, -0.1) is 0 Å². The van der Waals surface area contributed by atoms with Gasteiger partial charge >= 0.3 is 5.97 Å². The summed E-state index contributed by atoms with van der Waals surface area (Å²) in [5, 5.41) is 0. The predicted octanol–water partition coefficient (Wildman–Crippen LogP) is 4.19. The SMILES string of the molecule is Cc1cc(C(=O)COC(=O)c2cccnc2N2CCCC2)c(C)n1CCC(C)C. The minimum atomic E-state index is -0.498. The second-order valence-electron chi connectivity index (χ2n) is 8.19. The average molecular weight is 398 g/mol. The van der Waals surface area contributed by atoms with E-state index in [2.05, 4.69) is 28.3 Å². The Bertz CT molecular complexity index is 879. The quantitative estimate of drug-likeness (QED) is 0.494. The number of ketones is 1. The molecular weight excluding hydrogens is 366 g/mol. The summed E-state index contributed by atoms with van der Waals surface area (Å²) in [5.74, 6) is 0.575. The third-order valence-electron chi connectivity index (χ3n) is 5.55. The van der Waals surface area contributed by atoms with Crippen LogP contribution in [0, 0.1) is 19.8 Å². The van der Waals surface area contributed by atoms with Gasteiger partial charge < -0.3 is 14.2 Å². The molecule has 3 heterocycles. The van der Waals surface area contributed by atoms with Crippen LogP contribution < -0.4 is 4.90 Å². The molecule has 156 valence electrons. The Balaban J connectivity index is 1.67. The van der Waals surface area contributed by atoms with Gasteiger partial charge in [-0.2, -0.15) is 0 Å². The third-order valence-corrected chi connectivity index (χ3v) is 5.55. The predicted molar refractivity (Wildman–Crippen MR) is 114 cm³/mol. The number of Topliss-reactive ketones (excluding diaryl/α,β-unsaturated/α-hetero) is 1. The van der Waals surface area contributed by atoms with Crippen molar-refractivity contribution >= 4 is 17.6 Å². The summed E-state index contributed by atoms with van der Waals surface area (Å²) in [6.45, 7) is 10.7. The molecule has 0 N–H and O–H groups in total. The molecule has 0 unspecified atom stereocenters. The van der Waals surface area contributed by atoms with E-state index in [4.69, 9.17) is 4.74 Å². The van der Waals surface area contributed by atoms with Crippen molar-refractivity contribution < 1.29 is 14.3 Å². The molecule has 2 aromatic heterocycles. The number of carbonyl (C=O) groups excluding carboxylic acids is 2. The zero-order valence-corrected chi connectivity index (χ0v) is 17.9. The van der Waals surface area contributed by atoms with Gasteiger partial charge in [0.25, 0.3) is 0 Å². The molecule has 0 aliphatic carbocycles. The fraction of sp³-hybridized carbons (Fsp3) is 0.522. The maximum absolute atomic E-state index is 12.7. The lowest BCUT2D eigenvalue weighted by atomic mass is 10.1. The lowest BCUT2D eigenvalue weighted by Crippen LogP contribution is -2.23. The number of hydrogen-bond acceptors (Lipinski definition) is 5. The molecule has 0 aromatic carbocycles. The largest absolute Gasteiger partial charge is 0.454 e. The highest BCUT2D eigenvalue weighted by Gasteiger charge is 2.23. The van der Waals surface area contributed by atoms with Crippen LogP contribution in [0.25, 0.3) is 0 Å². The Morgan fingerprint density at radius 2 is 1.90 bits per heavy atom. The van der Waals surface area contributed by atoms with E-state index in [1.54, 1.807) is 18.3 Å². The van der Waals surface area contributed by atoms with Crippen molar-refractivity contribution in [2.75, 3.05) is 24.6 Å². The molecular formula is C23H31N3O3. The Morgan fingerprint density at radius 1 is 1.17 bits per heavy atom. The highest BCUT2D eigenvalue weighted by Crippen LogP contribution is 2.23. The van der Waals surface area contributed by atoms with Crippen LogP contribution in [0.3, 0.4) is 0 Å². The van der Waals surface area contributed by atoms with Gasteiger partial charge in [0.2, 0.25) is 5.78 Å². The summed E-state index contributed by atoms with van der Waals surface area (Å²) in [7, 11) is 0. The smallest absolute Gasteiger partial charge is 0.342 e. The Morgan fingerprint density at radius 3 is 2.59 bits per heavy atom. The first-order valence-corrected chi connectivity index (χ1v) is 10.5. The zero-order valence-electron chi connectivity index (χ0n) is 17.9. The van der Waals surface area contributed by atoms with Crippen molar-refractivity contribution in [3.8, 4) is 0 Å². The number of pyridine rings is 1. The van der Waals surface area contributed by atoms with Crippen molar-refractivity contribution in [1.29, 1.82) is 0 Å². The second kappa shape index (κ2) is 9.25. The summed E-state index contributed by atoms with van der Waals surface area (Å²) in [6, 6.07) is 5.33. The van der Waals surface area contributed by atoms with Gasteiger partial charge in [0.05, 0.1) is 0 Å². The van der Waals surface area contributed by atoms with Crippen LogP contribution in [0.15, 0.2) is 24.4 Å². The molecule has 1 fully saturated rings. The van der Waals surface area contributed by atoms with Gasteiger partial charge in [-0.05, 0) is 57.2 Å². The van der Waals surface area contributed by atoms with Crippen LogP contribution >= 0.6 is 0 Å². The van der Waals surface area contributed by atoms with Crippen LogP contribution in [-0.4, -0.2) is 41.0 Å². The first kappa shape index (κ1) is 21.1. The van der Waals surface area contributed by atoms with E-state index in [-0.39, 0.29) is 12.4 Å². The first-order valence-electron chi connectivity index (χ1n) is 10.5. The molecule has 6 heteroatoms. The van der Waals surface area contributed by atoms with E-state index >= 15 is 0 Å². The van der Waals surface area contributed by atoms with Crippen molar-refractivity contribution in [2.45, 2.75) is 53.5 Å². The number of ether oxygens (including phenoxy) is 1. The number of hydrogen-bond donors (Lipinski definition) is 0. The molecule has 0 spiro atoms. The lowest BCUT2D eigenvalue weighted by molar-refractivity contribution is 0.0474. The van der Waals surface area contributed by atoms with Crippen molar-refractivity contribution in [3.05, 3.63) is 46.9 Å². The van der Waals surface area contributed by atoms with Crippen LogP contribution in [0.4, 0.5) is 5.82 Å². The van der Waals surface area contributed by atoms with Gasteiger partial charge in [0, 0.05) is 42.8 Å². The number of carbonyl (C=O) groups is 2. The van der Waals surface area contributed by atoms with Crippen molar-refractivity contribution in [2.24, 2.45) is 5.92 Å². The molecule has 0 atom stereocenters. The Labute approximate surface area is 172 Å². The molecule has 0 radical (unpaired) electrons. The van der Waals surface area contributed by atoms with Gasteiger partial charge in [0.15, 0.2) is 6.61 Å². The second-order valence-corrected chi connectivity index (χ2v) is 8.19. The van der Waals surface area contributed by atoms with E-state index in [0.29, 0.717) is 22.9 Å². The summed E-state index contributed by atoms with van der Waals surface area (Å²) >= 11 is 0. The number of aryl methyl sites for hydroxylation is 1. The average Bonchev–Trinajstić information content (AvgIpc) is 3.33. The van der Waals surface area contributed by atoms with Gasteiger partial charge in [-0.25, -0.2) is 9.78 Å². The monoisotopic (exact) mass is 397 g/mol. The van der Waals surface area contributed by atoms with Gasteiger partial charge in [-0.1, -0.05) is 13.8 Å². The minimum Gasteiger partial charge on any atom is -0.454 e. The summed E-state index contributed by atoms with van der Waals surface area (Å²) in [6.07, 6.45) is 4.92. The molecule has 0 saturated carbocycles. The van der Waals surface area contributed by atoms with Crippen molar-refractivity contribution in [1.82, 2.24) is 9.55 Å². The highest BCUT2D eigenvalue weighted by atomic mass is 16.5. The van der Waals surface area contributed by atoms with E-state index in [0.717, 1.165) is 50.3 Å². The lowest BCUT2D eigenvalue weighted by Gasteiger charge is -2.18. The molecule has 2 aromatic rings. The molecule has 6 nitrogen and oxygen atoms in total. The number of aromatic nitrogens is 2. The topological polar surface area (TPSA) is 64.4 Å². The number of rotatable bonds is 8. The molecule has 1 saturated heterocycles. The maximum Gasteiger partial charge on any atom is 0.342 e. The highest BCUT2D eigenvalue weighted by molar-refractivity contribution is 6.01. The molecule has 29 heavy (non-hydrogen) atoms. The van der Waals surface area contributed by atoms with Crippen LogP contribution in [0.5, 0.6) is 0 Å². The van der Waals surface area contributed by atoms with Gasteiger partial charge in [0.1, 0.15) is 11.4 Å². The summed E-state index contributed by atoms with van der Waals surface area (Å²) in [5.41, 5.74) is 3.04. The molecule has 1 aliphatic heterocycles. The Kier molecular flexibility index (Phi) is 6.72. The molecule has 1 aliphatic rings. The van der Waals surface area contributed by atoms with Crippen LogP contribution in [-0.2, 0) is 11.3 Å². The fourth-order valence-corrected chi connectivity index (χ4v) is 3.84. The summed E-state index contributed by atoms with van der Waals surface area (Å²) < 4.78 is 7.55. The number of esters is 1. The van der Waals surface area contributed by atoms with Crippen LogP contribution in [0.2, 0.25) is 0 Å². The fourth-order valence-electron chi connectivity index (χ4n) is 3.84. The van der Waals surface area contributed by atoms with E-state index in [1.165, 1.54) is 0 Å². The standard InChI is InChI=1S/C23H31N3O3/c1-16(2)9-13-26-17(3)14-20(18(26)4)21(27)15-29-23(28)19-8-7-10-24-22(19)25-11-5-6-12-25/h7-8,10,14,16H,5-6,9,11-13,15H2,1-4H3. The van der Waals surface area contributed by atoms with Gasteiger partial charge in [-0.3, -0.25) is 4.79 Å². The van der Waals surface area contributed by atoms with E-state index < -0.39 is 5.97 Å². The Hall–Kier alpha value is -2.63. The van der Waals surface area contributed by atoms with Crippen LogP contribution in [0.1, 0.15) is 65.2 Å². The zero-order chi connectivity index (χ0) is 21.0.